The van der Waals surface area contributed by atoms with E-state index < -0.39 is 10.0 Å². The number of fused-ring (bicyclic) bond motifs is 1. The molecular weight excluding hydrogens is 288 g/mol. The van der Waals surface area contributed by atoms with Crippen molar-refractivity contribution in [3.8, 4) is 5.75 Å². The van der Waals surface area contributed by atoms with Gasteiger partial charge in [0.05, 0.1) is 11.5 Å². The number of ether oxygens (including phenoxy) is 1. The van der Waals surface area contributed by atoms with Crippen LogP contribution in [0.5, 0.6) is 5.75 Å². The normalized spacial score (nSPS) is 26.0. The molecule has 3 rings (SSSR count). The molecule has 1 saturated heterocycles. The number of aryl methyl sites for hydroxylation is 1. The molecule has 0 saturated carbocycles. The molecule has 0 aliphatic carbocycles. The number of nitrogens with one attached hydrogen (secondary N) is 2. The van der Waals surface area contributed by atoms with E-state index in [9.17, 15) is 8.42 Å². The highest BCUT2D eigenvalue weighted by Gasteiger charge is 2.27. The van der Waals surface area contributed by atoms with E-state index >= 15 is 0 Å². The van der Waals surface area contributed by atoms with Crippen molar-refractivity contribution in [3.63, 3.8) is 0 Å². The number of benzene rings is 1. The summed E-state index contributed by atoms with van der Waals surface area (Å²) in [6.45, 7) is 4.45. The minimum atomic E-state index is -3.47. The maximum Gasteiger partial charge on any atom is 0.240 e. The van der Waals surface area contributed by atoms with E-state index in [1.165, 1.54) is 0 Å². The van der Waals surface area contributed by atoms with E-state index in [0.29, 0.717) is 24.0 Å². The summed E-state index contributed by atoms with van der Waals surface area (Å²) in [5.41, 5.74) is 0.985. The number of hydrogen-bond acceptors (Lipinski definition) is 4. The van der Waals surface area contributed by atoms with Crippen LogP contribution >= 0.6 is 0 Å². The zero-order chi connectivity index (χ0) is 14.9. The van der Waals surface area contributed by atoms with Gasteiger partial charge < -0.3 is 10.1 Å². The van der Waals surface area contributed by atoms with Gasteiger partial charge in [0.25, 0.3) is 0 Å². The summed E-state index contributed by atoms with van der Waals surface area (Å²) in [6, 6.07) is 5.10. The second-order valence-electron chi connectivity index (χ2n) is 5.92. The largest absolute Gasteiger partial charge is 0.493 e. The van der Waals surface area contributed by atoms with Crippen LogP contribution in [0.4, 0.5) is 0 Å². The van der Waals surface area contributed by atoms with E-state index in [0.717, 1.165) is 37.1 Å². The van der Waals surface area contributed by atoms with Crippen molar-refractivity contribution in [3.05, 3.63) is 23.8 Å². The molecule has 116 valence electrons. The third-order valence-electron chi connectivity index (χ3n) is 4.32. The number of rotatable bonds is 3. The molecule has 2 aliphatic heterocycles. The summed E-state index contributed by atoms with van der Waals surface area (Å²) in [5.74, 6) is 1.16. The van der Waals surface area contributed by atoms with Gasteiger partial charge in [-0.3, -0.25) is 0 Å². The lowest BCUT2D eigenvalue weighted by Gasteiger charge is -2.30. The van der Waals surface area contributed by atoms with Gasteiger partial charge in [0.2, 0.25) is 10.0 Å². The molecular formula is C15H22N2O3S. The third kappa shape index (κ3) is 3.22. The Hall–Kier alpha value is -1.11. The molecule has 1 aromatic rings. The molecule has 2 unspecified atom stereocenters. The smallest absolute Gasteiger partial charge is 0.240 e. The maximum absolute atomic E-state index is 12.6. The van der Waals surface area contributed by atoms with E-state index in [1.54, 1.807) is 18.2 Å². The average molecular weight is 310 g/mol. The molecule has 5 nitrogen and oxygen atoms in total. The molecule has 0 amide bonds. The minimum absolute atomic E-state index is 0.0453. The number of piperidine rings is 1. The Labute approximate surface area is 126 Å². The van der Waals surface area contributed by atoms with Crippen LogP contribution in [-0.4, -0.2) is 34.2 Å². The van der Waals surface area contributed by atoms with Gasteiger partial charge in [-0.25, -0.2) is 13.1 Å². The summed E-state index contributed by atoms with van der Waals surface area (Å²) < 4.78 is 33.5. The van der Waals surface area contributed by atoms with Gasteiger partial charge in [0, 0.05) is 12.6 Å². The summed E-state index contributed by atoms with van der Waals surface area (Å²) in [7, 11) is -3.47. The van der Waals surface area contributed by atoms with Gasteiger partial charge >= 0.3 is 0 Å². The molecule has 6 heteroatoms. The highest BCUT2D eigenvalue weighted by Crippen LogP contribution is 2.27. The fourth-order valence-electron chi connectivity index (χ4n) is 2.92. The van der Waals surface area contributed by atoms with Crippen LogP contribution in [-0.2, 0) is 16.4 Å². The fourth-order valence-corrected chi connectivity index (χ4v) is 4.31. The van der Waals surface area contributed by atoms with Crippen LogP contribution in [0.15, 0.2) is 23.1 Å². The average Bonchev–Trinajstić information content (AvgIpc) is 2.49. The van der Waals surface area contributed by atoms with Gasteiger partial charge in [0.15, 0.2) is 0 Å². The van der Waals surface area contributed by atoms with E-state index in [2.05, 4.69) is 17.0 Å². The van der Waals surface area contributed by atoms with Crippen LogP contribution in [0.2, 0.25) is 0 Å². The van der Waals surface area contributed by atoms with Crippen LogP contribution in [0.1, 0.15) is 25.3 Å². The number of hydrogen-bond donors (Lipinski definition) is 2. The van der Waals surface area contributed by atoms with Crippen molar-refractivity contribution < 1.29 is 13.2 Å². The van der Waals surface area contributed by atoms with Gasteiger partial charge in [0.1, 0.15) is 5.75 Å². The maximum atomic E-state index is 12.6. The Bertz CT molecular complexity index is 615. The van der Waals surface area contributed by atoms with Gasteiger partial charge in [-0.05, 0) is 55.5 Å². The molecule has 0 radical (unpaired) electrons. The van der Waals surface area contributed by atoms with Crippen LogP contribution in [0.3, 0.4) is 0 Å². The lowest BCUT2D eigenvalue weighted by molar-refractivity contribution is 0.288. The molecule has 2 aliphatic rings. The van der Waals surface area contributed by atoms with Crippen LogP contribution < -0.4 is 14.8 Å². The second kappa shape index (κ2) is 5.94. The lowest BCUT2D eigenvalue weighted by Crippen LogP contribution is -2.50. The Morgan fingerprint density at radius 3 is 3.05 bits per heavy atom. The summed E-state index contributed by atoms with van der Waals surface area (Å²) in [6.07, 6.45) is 2.80. The highest BCUT2D eigenvalue weighted by atomic mass is 32.2. The van der Waals surface area contributed by atoms with Crippen LogP contribution in [0.25, 0.3) is 0 Å². The minimum Gasteiger partial charge on any atom is -0.493 e. The Balaban J connectivity index is 1.81. The molecule has 1 fully saturated rings. The quantitative estimate of drug-likeness (QED) is 0.883. The monoisotopic (exact) mass is 310 g/mol. The summed E-state index contributed by atoms with van der Waals surface area (Å²) >= 11 is 0. The highest BCUT2D eigenvalue weighted by molar-refractivity contribution is 7.89. The molecule has 0 aromatic heterocycles. The molecule has 2 heterocycles. The molecule has 2 atom stereocenters. The fraction of sp³-hybridized carbons (Fsp3) is 0.600. The van der Waals surface area contributed by atoms with Crippen molar-refractivity contribution in [1.29, 1.82) is 0 Å². The van der Waals surface area contributed by atoms with Crippen molar-refractivity contribution >= 4 is 10.0 Å². The zero-order valence-electron chi connectivity index (χ0n) is 12.3. The van der Waals surface area contributed by atoms with E-state index in [1.807, 2.05) is 0 Å². The van der Waals surface area contributed by atoms with Gasteiger partial charge in [-0.15, -0.1) is 0 Å². The second-order valence-corrected chi connectivity index (χ2v) is 7.63. The molecule has 0 bridgehead atoms. The molecule has 2 N–H and O–H groups in total. The molecule has 21 heavy (non-hydrogen) atoms. The third-order valence-corrected chi connectivity index (χ3v) is 5.81. The topological polar surface area (TPSA) is 67.4 Å². The first-order valence-corrected chi connectivity index (χ1v) is 9.03. The summed E-state index contributed by atoms with van der Waals surface area (Å²) in [4.78, 5) is 0.338. The first kappa shape index (κ1) is 14.8. The summed E-state index contributed by atoms with van der Waals surface area (Å²) in [5, 5.41) is 3.24. The molecule has 0 spiro atoms. The van der Waals surface area contributed by atoms with Crippen molar-refractivity contribution in [2.24, 2.45) is 5.92 Å². The van der Waals surface area contributed by atoms with E-state index in [-0.39, 0.29) is 6.04 Å². The zero-order valence-corrected chi connectivity index (χ0v) is 13.1. The molecule has 1 aromatic carbocycles. The predicted octanol–water partition coefficient (Wildman–Crippen LogP) is 1.29. The number of sulfonamides is 1. The first-order chi connectivity index (χ1) is 10.1. The van der Waals surface area contributed by atoms with Gasteiger partial charge in [-0.1, -0.05) is 6.92 Å². The lowest BCUT2D eigenvalue weighted by atomic mass is 9.96. The van der Waals surface area contributed by atoms with Crippen molar-refractivity contribution in [2.45, 2.75) is 37.1 Å². The van der Waals surface area contributed by atoms with Crippen molar-refractivity contribution in [1.82, 2.24) is 10.0 Å². The Morgan fingerprint density at radius 2 is 2.24 bits per heavy atom. The standard InChI is InChI=1S/C15H22N2O3S/c1-11-6-7-16-10-14(11)17-21(18,19)13-4-5-15-12(9-13)3-2-8-20-15/h4-5,9,11,14,16-17H,2-3,6-8,10H2,1H3. The SMILES string of the molecule is CC1CCNCC1NS(=O)(=O)c1ccc2c(c1)CCCO2. The Kier molecular flexibility index (Phi) is 4.19. The Morgan fingerprint density at radius 1 is 1.38 bits per heavy atom. The first-order valence-electron chi connectivity index (χ1n) is 7.55. The van der Waals surface area contributed by atoms with Gasteiger partial charge in [-0.2, -0.15) is 0 Å². The van der Waals surface area contributed by atoms with Crippen LogP contribution in [0, 0.1) is 5.92 Å². The van der Waals surface area contributed by atoms with Crippen molar-refractivity contribution in [2.75, 3.05) is 19.7 Å². The predicted molar refractivity (Wildman–Crippen MR) is 81.0 cm³/mol. The van der Waals surface area contributed by atoms with E-state index in [4.69, 9.17) is 4.74 Å².